The summed E-state index contributed by atoms with van der Waals surface area (Å²) in [6.45, 7) is 2.25. The lowest BCUT2D eigenvalue weighted by atomic mass is 10.0. The van der Waals surface area contributed by atoms with Gasteiger partial charge in [0.2, 0.25) is 5.91 Å². The van der Waals surface area contributed by atoms with Crippen LogP contribution < -0.4 is 15.1 Å². The van der Waals surface area contributed by atoms with Crippen LogP contribution in [0.15, 0.2) is 36.7 Å². The zero-order valence-electron chi connectivity index (χ0n) is 15.3. The third kappa shape index (κ3) is 3.73. The number of aliphatic hydroxyl groups is 1. The second kappa shape index (κ2) is 7.92. The van der Waals surface area contributed by atoms with Crippen molar-refractivity contribution in [1.29, 1.82) is 0 Å². The number of nitrogens with one attached hydrogen (secondary N) is 1. The minimum absolute atomic E-state index is 0.125. The molecule has 2 N–H and O–H groups in total. The number of hydrogen-bond acceptors (Lipinski definition) is 6. The number of fused-ring (bicyclic) bond motifs is 1. The summed E-state index contributed by atoms with van der Waals surface area (Å²) in [5, 5.41) is 12.9. The third-order valence-corrected chi connectivity index (χ3v) is 5.35. The number of hydrogen-bond donors (Lipinski definition) is 2. The molecule has 1 atom stereocenters. The van der Waals surface area contributed by atoms with Crippen LogP contribution in [0.25, 0.3) is 0 Å². The SMILES string of the molecule is O=C1Cc2ccccc2N1CCNc1cc(N2CCCCC2CO)ncn1. The van der Waals surface area contributed by atoms with Crippen LogP contribution in [-0.4, -0.2) is 53.3 Å². The number of aliphatic hydroxyl groups excluding tert-OH is 1. The Morgan fingerprint density at radius 3 is 3.00 bits per heavy atom. The highest BCUT2D eigenvalue weighted by atomic mass is 16.3. The van der Waals surface area contributed by atoms with Crippen LogP contribution in [0.1, 0.15) is 24.8 Å². The summed E-state index contributed by atoms with van der Waals surface area (Å²) in [7, 11) is 0. The van der Waals surface area contributed by atoms with Crippen LogP contribution in [0.2, 0.25) is 0 Å². The van der Waals surface area contributed by atoms with E-state index in [9.17, 15) is 9.90 Å². The summed E-state index contributed by atoms with van der Waals surface area (Å²) in [6.07, 6.45) is 5.27. The van der Waals surface area contributed by atoms with Gasteiger partial charge in [0.05, 0.1) is 19.1 Å². The first-order valence-corrected chi connectivity index (χ1v) is 9.58. The van der Waals surface area contributed by atoms with Gasteiger partial charge in [-0.1, -0.05) is 18.2 Å². The van der Waals surface area contributed by atoms with Gasteiger partial charge in [0, 0.05) is 31.4 Å². The van der Waals surface area contributed by atoms with Crippen LogP contribution in [0.3, 0.4) is 0 Å². The molecule has 1 amide bonds. The van der Waals surface area contributed by atoms with Crippen molar-refractivity contribution in [3.8, 4) is 0 Å². The molecule has 2 aromatic rings. The van der Waals surface area contributed by atoms with Crippen LogP contribution in [0.4, 0.5) is 17.3 Å². The third-order valence-electron chi connectivity index (χ3n) is 5.35. The molecule has 2 aliphatic heterocycles. The Morgan fingerprint density at radius 1 is 1.22 bits per heavy atom. The number of piperidine rings is 1. The molecule has 7 nitrogen and oxygen atoms in total. The molecule has 142 valence electrons. The van der Waals surface area contributed by atoms with Crippen molar-refractivity contribution in [2.24, 2.45) is 0 Å². The fourth-order valence-corrected chi connectivity index (χ4v) is 3.95. The van der Waals surface area contributed by atoms with E-state index in [2.05, 4.69) is 20.2 Å². The Labute approximate surface area is 159 Å². The van der Waals surface area contributed by atoms with E-state index >= 15 is 0 Å². The molecule has 4 rings (SSSR count). The molecule has 27 heavy (non-hydrogen) atoms. The molecule has 2 aliphatic rings. The number of aromatic nitrogens is 2. The zero-order valence-corrected chi connectivity index (χ0v) is 15.3. The number of para-hydroxylation sites is 1. The number of carbonyl (C=O) groups is 1. The summed E-state index contributed by atoms with van der Waals surface area (Å²) < 4.78 is 0. The molecule has 7 heteroatoms. The van der Waals surface area contributed by atoms with Crippen molar-refractivity contribution in [3.63, 3.8) is 0 Å². The van der Waals surface area contributed by atoms with Crippen LogP contribution in [0.5, 0.6) is 0 Å². The fraction of sp³-hybridized carbons (Fsp3) is 0.450. The van der Waals surface area contributed by atoms with Crippen molar-refractivity contribution < 1.29 is 9.90 Å². The minimum atomic E-state index is 0.125. The normalized spacial score (nSPS) is 19.3. The summed E-state index contributed by atoms with van der Waals surface area (Å²) in [6, 6.07) is 9.98. The molecule has 1 saturated heterocycles. The van der Waals surface area contributed by atoms with Crippen molar-refractivity contribution in [2.75, 3.05) is 41.4 Å². The summed E-state index contributed by atoms with van der Waals surface area (Å²) in [4.78, 5) is 24.9. The van der Waals surface area contributed by atoms with Gasteiger partial charge in [-0.15, -0.1) is 0 Å². The van der Waals surface area contributed by atoms with Gasteiger partial charge in [-0.2, -0.15) is 0 Å². The number of amides is 1. The van der Waals surface area contributed by atoms with Crippen LogP contribution in [-0.2, 0) is 11.2 Å². The molecular weight excluding hydrogens is 342 g/mol. The quantitative estimate of drug-likeness (QED) is 0.811. The number of nitrogens with zero attached hydrogens (tertiary/aromatic N) is 4. The predicted molar refractivity (Wildman–Crippen MR) is 105 cm³/mol. The van der Waals surface area contributed by atoms with Gasteiger partial charge in [0.15, 0.2) is 0 Å². The van der Waals surface area contributed by atoms with Gasteiger partial charge in [0.1, 0.15) is 18.0 Å². The fourth-order valence-electron chi connectivity index (χ4n) is 3.95. The van der Waals surface area contributed by atoms with E-state index in [0.29, 0.717) is 19.5 Å². The molecule has 3 heterocycles. The lowest BCUT2D eigenvalue weighted by Crippen LogP contribution is -2.42. The van der Waals surface area contributed by atoms with Gasteiger partial charge < -0.3 is 20.2 Å². The maximum atomic E-state index is 12.2. The first kappa shape index (κ1) is 17.7. The smallest absolute Gasteiger partial charge is 0.231 e. The molecular formula is C20H25N5O2. The van der Waals surface area contributed by atoms with E-state index in [-0.39, 0.29) is 18.6 Å². The Hall–Kier alpha value is -2.67. The molecule has 1 aromatic carbocycles. The second-order valence-corrected chi connectivity index (χ2v) is 7.06. The minimum Gasteiger partial charge on any atom is -0.394 e. The molecule has 0 aliphatic carbocycles. The zero-order chi connectivity index (χ0) is 18.6. The molecule has 1 fully saturated rings. The van der Waals surface area contributed by atoms with E-state index in [0.717, 1.165) is 48.7 Å². The molecule has 0 radical (unpaired) electrons. The van der Waals surface area contributed by atoms with E-state index in [1.807, 2.05) is 35.2 Å². The highest BCUT2D eigenvalue weighted by molar-refractivity contribution is 6.01. The Bertz CT molecular complexity index is 812. The summed E-state index contributed by atoms with van der Waals surface area (Å²) >= 11 is 0. The van der Waals surface area contributed by atoms with E-state index in [1.54, 1.807) is 6.33 Å². The molecule has 0 saturated carbocycles. The molecule has 1 aromatic heterocycles. The first-order valence-electron chi connectivity index (χ1n) is 9.58. The highest BCUT2D eigenvalue weighted by Gasteiger charge is 2.26. The average molecular weight is 367 g/mol. The van der Waals surface area contributed by atoms with Crippen molar-refractivity contribution in [3.05, 3.63) is 42.2 Å². The maximum Gasteiger partial charge on any atom is 0.231 e. The number of carbonyl (C=O) groups excluding carboxylic acids is 1. The van der Waals surface area contributed by atoms with Gasteiger partial charge >= 0.3 is 0 Å². The van der Waals surface area contributed by atoms with Gasteiger partial charge in [0.25, 0.3) is 0 Å². The molecule has 0 bridgehead atoms. The Kier molecular flexibility index (Phi) is 5.20. The Balaban J connectivity index is 1.39. The molecule has 1 unspecified atom stereocenters. The predicted octanol–water partition coefficient (Wildman–Crippen LogP) is 1.83. The summed E-state index contributed by atoms with van der Waals surface area (Å²) in [5.41, 5.74) is 2.10. The second-order valence-electron chi connectivity index (χ2n) is 7.06. The number of rotatable bonds is 6. The average Bonchev–Trinajstić information content (AvgIpc) is 3.03. The first-order chi connectivity index (χ1) is 13.3. The van der Waals surface area contributed by atoms with Gasteiger partial charge in [-0.3, -0.25) is 4.79 Å². The maximum absolute atomic E-state index is 12.2. The largest absolute Gasteiger partial charge is 0.394 e. The topological polar surface area (TPSA) is 81.6 Å². The van der Waals surface area contributed by atoms with Gasteiger partial charge in [-0.25, -0.2) is 9.97 Å². The van der Waals surface area contributed by atoms with Crippen molar-refractivity contribution in [1.82, 2.24) is 9.97 Å². The van der Waals surface area contributed by atoms with Crippen LogP contribution >= 0.6 is 0 Å². The number of anilines is 3. The van der Waals surface area contributed by atoms with Gasteiger partial charge in [-0.05, 0) is 30.9 Å². The Morgan fingerprint density at radius 2 is 2.11 bits per heavy atom. The van der Waals surface area contributed by atoms with E-state index in [4.69, 9.17) is 0 Å². The number of benzene rings is 1. The molecule has 0 spiro atoms. The summed E-state index contributed by atoms with van der Waals surface area (Å²) in [5.74, 6) is 1.72. The van der Waals surface area contributed by atoms with Crippen LogP contribution in [0, 0.1) is 0 Å². The van der Waals surface area contributed by atoms with E-state index < -0.39 is 0 Å². The lowest BCUT2D eigenvalue weighted by molar-refractivity contribution is -0.117. The van der Waals surface area contributed by atoms with Crippen molar-refractivity contribution >= 4 is 23.2 Å². The highest BCUT2D eigenvalue weighted by Crippen LogP contribution is 2.28. The standard InChI is InChI=1S/C20H25N5O2/c26-13-16-6-3-4-9-24(16)19-12-18(22-14-23-19)21-8-10-25-17-7-2-1-5-15(17)11-20(25)27/h1-2,5,7,12,14,16,26H,3-4,6,8-11,13H2,(H,21,22,23). The monoisotopic (exact) mass is 367 g/mol. The van der Waals surface area contributed by atoms with E-state index in [1.165, 1.54) is 0 Å². The lowest BCUT2D eigenvalue weighted by Gasteiger charge is -2.35. The van der Waals surface area contributed by atoms with Crippen molar-refractivity contribution in [2.45, 2.75) is 31.7 Å².